The molecule has 0 radical (unpaired) electrons. The van der Waals surface area contributed by atoms with Crippen LogP contribution < -0.4 is 10.1 Å². The van der Waals surface area contributed by atoms with Gasteiger partial charge in [-0.2, -0.15) is 0 Å². The molecule has 1 heterocycles. The van der Waals surface area contributed by atoms with Crippen molar-refractivity contribution in [2.75, 3.05) is 13.1 Å². The Hall–Kier alpha value is -1.18. The molecule has 6 nitrogen and oxygen atoms in total. The summed E-state index contributed by atoms with van der Waals surface area (Å²) in [7, 11) is 0. The normalized spacial score (nSPS) is 22.9. The summed E-state index contributed by atoms with van der Waals surface area (Å²) in [6.07, 6.45) is -0.0744. The fourth-order valence-corrected chi connectivity index (χ4v) is 1.78. The Bertz CT molecular complexity index is 399. The smallest absolute Gasteiger partial charge is 0.269 e. The molecule has 100 valence electrons. The van der Waals surface area contributed by atoms with Crippen LogP contribution in [-0.4, -0.2) is 35.3 Å². The second-order valence-corrected chi connectivity index (χ2v) is 3.97. The van der Waals surface area contributed by atoms with Gasteiger partial charge in [0.2, 0.25) is 0 Å². The molecule has 2 atom stereocenters. The predicted octanol–water partition coefficient (Wildman–Crippen LogP) is 1.27. The molecule has 0 unspecified atom stereocenters. The lowest BCUT2D eigenvalue weighted by Crippen LogP contribution is -2.46. The van der Waals surface area contributed by atoms with Gasteiger partial charge in [0.05, 0.1) is 4.92 Å². The van der Waals surface area contributed by atoms with Gasteiger partial charge in [0.25, 0.3) is 5.69 Å². The molecule has 0 aromatic heterocycles. The first-order valence-corrected chi connectivity index (χ1v) is 5.47. The minimum atomic E-state index is -0.543. The zero-order valence-electron chi connectivity index (χ0n) is 9.61. The van der Waals surface area contributed by atoms with Crippen LogP contribution in [0.4, 0.5) is 5.69 Å². The van der Waals surface area contributed by atoms with Crippen LogP contribution in [0.3, 0.4) is 0 Å². The molecule has 0 saturated carbocycles. The molecule has 1 aromatic carbocycles. The van der Waals surface area contributed by atoms with Gasteiger partial charge in [-0.3, -0.25) is 10.1 Å². The van der Waals surface area contributed by atoms with E-state index in [1.54, 1.807) is 12.1 Å². The van der Waals surface area contributed by atoms with Crippen molar-refractivity contribution in [3.8, 4) is 5.75 Å². The van der Waals surface area contributed by atoms with Crippen LogP contribution in [-0.2, 0) is 0 Å². The number of non-ortho nitro benzene ring substituents is 1. The molecule has 7 heteroatoms. The van der Waals surface area contributed by atoms with E-state index in [0.717, 1.165) is 13.0 Å². The summed E-state index contributed by atoms with van der Waals surface area (Å²) in [5, 5.41) is 23.2. The van der Waals surface area contributed by atoms with Crippen LogP contribution in [0.25, 0.3) is 0 Å². The molecule has 0 aliphatic carbocycles. The SMILES string of the molecule is Br.O=[N+]([O-])c1ccc(O[C@H]2CCNC[C@@H]2O)cc1. The van der Waals surface area contributed by atoms with Gasteiger partial charge in [0, 0.05) is 18.7 Å². The zero-order chi connectivity index (χ0) is 12.3. The van der Waals surface area contributed by atoms with E-state index in [0.29, 0.717) is 12.3 Å². The quantitative estimate of drug-likeness (QED) is 0.647. The van der Waals surface area contributed by atoms with Crippen molar-refractivity contribution in [1.82, 2.24) is 5.32 Å². The third-order valence-corrected chi connectivity index (χ3v) is 2.72. The molecular formula is C11H15BrN2O4. The van der Waals surface area contributed by atoms with Gasteiger partial charge in [-0.1, -0.05) is 0 Å². The molecule has 0 spiro atoms. The van der Waals surface area contributed by atoms with Gasteiger partial charge in [-0.05, 0) is 25.1 Å². The Balaban J connectivity index is 0.00000162. The topological polar surface area (TPSA) is 84.6 Å². The van der Waals surface area contributed by atoms with Gasteiger partial charge in [-0.25, -0.2) is 0 Å². The average Bonchev–Trinajstić information content (AvgIpc) is 2.33. The molecule has 1 aromatic rings. The highest BCUT2D eigenvalue weighted by molar-refractivity contribution is 8.93. The molecule has 1 aliphatic rings. The number of benzene rings is 1. The van der Waals surface area contributed by atoms with Crippen LogP contribution in [0, 0.1) is 10.1 Å². The number of nitro groups is 1. The van der Waals surface area contributed by atoms with E-state index in [2.05, 4.69) is 5.32 Å². The largest absolute Gasteiger partial charge is 0.488 e. The van der Waals surface area contributed by atoms with E-state index >= 15 is 0 Å². The van der Waals surface area contributed by atoms with Crippen LogP contribution in [0.15, 0.2) is 24.3 Å². The number of nitrogens with one attached hydrogen (secondary N) is 1. The fraction of sp³-hybridized carbons (Fsp3) is 0.455. The lowest BCUT2D eigenvalue weighted by molar-refractivity contribution is -0.384. The molecular weight excluding hydrogens is 304 g/mol. The van der Waals surface area contributed by atoms with Crippen molar-refractivity contribution in [1.29, 1.82) is 0 Å². The maximum atomic E-state index is 10.5. The van der Waals surface area contributed by atoms with Crippen molar-refractivity contribution in [3.63, 3.8) is 0 Å². The Morgan fingerprint density at radius 1 is 1.39 bits per heavy atom. The minimum absolute atomic E-state index is 0. The van der Waals surface area contributed by atoms with Gasteiger partial charge in [0.1, 0.15) is 18.0 Å². The van der Waals surface area contributed by atoms with Crippen LogP contribution in [0.1, 0.15) is 6.42 Å². The summed E-state index contributed by atoms with van der Waals surface area (Å²) in [5.74, 6) is 0.543. The Morgan fingerprint density at radius 3 is 2.61 bits per heavy atom. The molecule has 1 fully saturated rings. The molecule has 2 rings (SSSR count). The molecule has 18 heavy (non-hydrogen) atoms. The number of aliphatic hydroxyl groups excluding tert-OH is 1. The summed E-state index contributed by atoms with van der Waals surface area (Å²) in [6.45, 7) is 1.31. The highest BCUT2D eigenvalue weighted by atomic mass is 79.9. The van der Waals surface area contributed by atoms with Crippen molar-refractivity contribution < 1.29 is 14.8 Å². The number of halogens is 1. The third kappa shape index (κ3) is 3.66. The minimum Gasteiger partial charge on any atom is -0.488 e. The molecule has 0 amide bonds. The molecule has 2 N–H and O–H groups in total. The maximum Gasteiger partial charge on any atom is 0.269 e. The van der Waals surface area contributed by atoms with E-state index in [4.69, 9.17) is 4.74 Å². The molecule has 1 aliphatic heterocycles. The van der Waals surface area contributed by atoms with Crippen molar-refractivity contribution in [3.05, 3.63) is 34.4 Å². The Morgan fingerprint density at radius 2 is 2.06 bits per heavy atom. The van der Waals surface area contributed by atoms with E-state index in [1.807, 2.05) is 0 Å². The average molecular weight is 319 g/mol. The summed E-state index contributed by atoms with van der Waals surface area (Å²) < 4.78 is 5.59. The summed E-state index contributed by atoms with van der Waals surface area (Å²) in [5.41, 5.74) is 0.0307. The summed E-state index contributed by atoms with van der Waals surface area (Å²) in [4.78, 5) is 10.0. The van der Waals surface area contributed by atoms with E-state index < -0.39 is 11.0 Å². The van der Waals surface area contributed by atoms with Gasteiger partial charge < -0.3 is 15.2 Å². The number of aliphatic hydroxyl groups is 1. The highest BCUT2D eigenvalue weighted by Crippen LogP contribution is 2.20. The number of ether oxygens (including phenoxy) is 1. The fourth-order valence-electron chi connectivity index (χ4n) is 1.78. The van der Waals surface area contributed by atoms with Crippen LogP contribution in [0.5, 0.6) is 5.75 Å². The second kappa shape index (κ2) is 6.67. The standard InChI is InChI=1S/C11H14N2O4.BrH/c14-10-7-12-6-5-11(10)17-9-3-1-8(2-4-9)13(15)16;/h1-4,10-12,14H,5-7H2;1H/t10-,11-;/m0./s1. The number of nitro benzene ring substituents is 1. The van der Waals surface area contributed by atoms with E-state index in [1.165, 1.54) is 12.1 Å². The van der Waals surface area contributed by atoms with Crippen molar-refractivity contribution in [2.45, 2.75) is 18.6 Å². The van der Waals surface area contributed by atoms with Crippen LogP contribution in [0.2, 0.25) is 0 Å². The predicted molar refractivity (Wildman–Crippen MR) is 71.3 cm³/mol. The third-order valence-electron chi connectivity index (χ3n) is 2.72. The monoisotopic (exact) mass is 318 g/mol. The van der Waals surface area contributed by atoms with Crippen LogP contribution >= 0.6 is 17.0 Å². The lowest BCUT2D eigenvalue weighted by atomic mass is 10.1. The van der Waals surface area contributed by atoms with Gasteiger partial charge >= 0.3 is 0 Å². The number of hydrogen-bond acceptors (Lipinski definition) is 5. The first-order chi connectivity index (χ1) is 8.16. The summed E-state index contributed by atoms with van der Waals surface area (Å²) >= 11 is 0. The maximum absolute atomic E-state index is 10.5. The van der Waals surface area contributed by atoms with Crippen molar-refractivity contribution in [2.24, 2.45) is 0 Å². The molecule has 0 bridgehead atoms. The molecule has 1 saturated heterocycles. The zero-order valence-corrected chi connectivity index (χ0v) is 11.3. The Kier molecular flexibility index (Phi) is 5.52. The number of piperidine rings is 1. The number of β-amino-alcohol motifs (C(OH)–C–C–N with tert-alkyl or cyclic N) is 1. The van der Waals surface area contributed by atoms with E-state index in [-0.39, 0.29) is 28.8 Å². The number of rotatable bonds is 3. The first kappa shape index (κ1) is 14.9. The van der Waals surface area contributed by atoms with E-state index in [9.17, 15) is 15.2 Å². The second-order valence-electron chi connectivity index (χ2n) is 3.97. The summed E-state index contributed by atoms with van der Waals surface area (Å²) in [6, 6.07) is 5.88. The number of nitrogens with zero attached hydrogens (tertiary/aromatic N) is 1. The number of hydrogen-bond donors (Lipinski definition) is 2. The lowest BCUT2D eigenvalue weighted by Gasteiger charge is -2.28. The first-order valence-electron chi connectivity index (χ1n) is 5.47. The van der Waals surface area contributed by atoms with Crippen molar-refractivity contribution >= 4 is 22.7 Å². The van der Waals surface area contributed by atoms with Gasteiger partial charge in [-0.15, -0.1) is 17.0 Å². The Labute approximate surface area is 115 Å². The highest BCUT2D eigenvalue weighted by Gasteiger charge is 2.24. The van der Waals surface area contributed by atoms with Gasteiger partial charge in [0.15, 0.2) is 0 Å².